The minimum absolute atomic E-state index is 0.0612. The van der Waals surface area contributed by atoms with E-state index in [1.807, 2.05) is 48.5 Å². The Kier molecular flexibility index (Phi) is 23.6. The third kappa shape index (κ3) is 17.0. The number of methoxy groups -OCH3 is 4. The number of nitrogens with zero attached hydrogens (tertiary/aromatic N) is 12. The van der Waals surface area contributed by atoms with Crippen LogP contribution < -0.4 is 35.7 Å². The highest BCUT2D eigenvalue weighted by Gasteiger charge is 2.25. The molecule has 0 unspecified atom stereocenters. The van der Waals surface area contributed by atoms with Crippen molar-refractivity contribution in [2.45, 2.75) is 6.54 Å². The zero-order valence-corrected chi connectivity index (χ0v) is 63.4. The molecule has 0 bridgehead atoms. The van der Waals surface area contributed by atoms with Crippen molar-refractivity contribution in [2.24, 2.45) is 11.5 Å². The lowest BCUT2D eigenvalue weighted by atomic mass is 10.0. The minimum Gasteiger partial charge on any atom is -0.491 e. The van der Waals surface area contributed by atoms with E-state index in [9.17, 15) is 44.7 Å². The van der Waals surface area contributed by atoms with Crippen LogP contribution >= 0.6 is 0 Å². The van der Waals surface area contributed by atoms with Crippen LogP contribution in [-0.2, 0) is 6.54 Å². The zero-order valence-electron chi connectivity index (χ0n) is 63.4. The molecule has 0 saturated heterocycles. The number of H-pyrrole nitrogens is 8. The van der Waals surface area contributed by atoms with Crippen molar-refractivity contribution in [3.63, 3.8) is 0 Å². The molecule has 10 aromatic carbocycles. The van der Waals surface area contributed by atoms with E-state index in [0.717, 1.165) is 99.6 Å². The Morgan fingerprint density at radius 3 is 1.07 bits per heavy atom. The first-order valence-electron chi connectivity index (χ1n) is 35.7. The predicted molar refractivity (Wildman–Crippen MR) is 427 cm³/mol. The molecule has 2 amide bonds. The van der Waals surface area contributed by atoms with Gasteiger partial charge >= 0.3 is 0 Å². The van der Waals surface area contributed by atoms with Crippen LogP contribution in [0.3, 0.4) is 0 Å². The molecule has 18 aromatic rings. The highest BCUT2D eigenvalue weighted by Crippen LogP contribution is 2.40. The number of hydrogen-bond donors (Lipinski definition) is 11. The number of nitrogens with two attached hydrogens (primary N) is 2. The van der Waals surface area contributed by atoms with Crippen molar-refractivity contribution < 1.29 is 63.7 Å². The maximum Gasteiger partial charge on any atom is 0.248 e. The summed E-state index contributed by atoms with van der Waals surface area (Å²) in [4.78, 5) is 37.1. The normalized spacial score (nSPS) is 11.1. The molecule has 8 aromatic heterocycles. The number of likely N-dealkylation sites (N-methyl/N-ethyl adjacent to an activating group) is 1. The average Bonchev–Trinajstić information content (AvgIpc) is 1.66. The smallest absolute Gasteiger partial charge is 0.248 e. The van der Waals surface area contributed by atoms with E-state index < -0.39 is 81.4 Å². The van der Waals surface area contributed by atoms with Crippen LogP contribution in [0.15, 0.2) is 183 Å². The molecule has 37 heteroatoms. The fourth-order valence-corrected chi connectivity index (χ4v) is 12.9. The summed E-state index contributed by atoms with van der Waals surface area (Å²) in [5, 5.41) is 62.3. The van der Waals surface area contributed by atoms with E-state index in [2.05, 4.69) is 156 Å². The van der Waals surface area contributed by atoms with Gasteiger partial charge in [0.1, 0.15) is 41.8 Å². The lowest BCUT2D eigenvalue weighted by Crippen LogP contribution is -2.26. The van der Waals surface area contributed by atoms with E-state index in [1.54, 1.807) is 18.2 Å². The van der Waals surface area contributed by atoms with Gasteiger partial charge in [0.2, 0.25) is 11.8 Å². The number of fused-ring (bicyclic) bond motifs is 5. The van der Waals surface area contributed by atoms with Crippen molar-refractivity contribution in [2.75, 3.05) is 55.6 Å². The minimum atomic E-state index is -0.861. The number of aromatic nitrogens is 19. The highest BCUT2D eigenvalue weighted by molar-refractivity contribution is 6.03. The lowest BCUT2D eigenvalue weighted by molar-refractivity contribution is 0.0992. The summed E-state index contributed by atoms with van der Waals surface area (Å²) in [7, 11) is 8.96. The number of ether oxygens (including phenoxy) is 4. The van der Waals surface area contributed by atoms with Gasteiger partial charge in [-0.15, -0.1) is 0 Å². The number of carbonyl (C=O) groups excluding carboxylic acids is 2. The second-order valence-corrected chi connectivity index (χ2v) is 26.4. The largest absolute Gasteiger partial charge is 0.491 e. The predicted octanol–water partition coefficient (Wildman–Crippen LogP) is 14.5. The first-order valence-corrected chi connectivity index (χ1v) is 35.7. The molecule has 0 aliphatic carbocycles. The third-order valence-corrected chi connectivity index (χ3v) is 18.7. The topological polar surface area (TPSA) is 406 Å². The van der Waals surface area contributed by atoms with Gasteiger partial charge in [0.05, 0.1) is 61.7 Å². The molecule has 18 rings (SSSR count). The number of halogens is 8. The van der Waals surface area contributed by atoms with Crippen molar-refractivity contribution >= 4 is 66.3 Å². The Morgan fingerprint density at radius 2 is 0.714 bits per heavy atom. The molecule has 0 atom stereocenters. The molecule has 0 radical (unpaired) electrons. The molecule has 13 N–H and O–H groups in total. The molecule has 8 heterocycles. The summed E-state index contributed by atoms with van der Waals surface area (Å²) < 4.78 is 131. The third-order valence-electron chi connectivity index (χ3n) is 18.7. The van der Waals surface area contributed by atoms with Crippen LogP contribution in [0.1, 0.15) is 26.3 Å². The fourth-order valence-electron chi connectivity index (χ4n) is 12.9. The summed E-state index contributed by atoms with van der Waals surface area (Å²) in [6, 6.07) is 44.4. The standard InChI is InChI=1S/C20H23N7.2C16H11F2N5O.2C15H11F2N3O2/c1-27(2)9-8-21-12-14-4-3-5-15(10-14)19-17-11-16(20-22-13-23-26-20)6-7-18(17)24-25-19;1-24-15-11(17)4-3-9(13(15)18)14-10-6-8(16-19-7-20-23-16)2-5-12(10)21-22-14;1-24-15-11(17)5-9(6-12(15)18)14-10-4-8(16-19-7-20-23-16)2-3-13(10)21-22-14;1-22-14-10(16)4-3-8(12(14)17)13-9-6-7(15(18)21)2-5-11(9)19-20-13;1-22-14-10(16)5-8(6-11(14)17)13-9-4-7(15(18)21)2-3-12(9)19-20-13/h3-7,10-11,13,21H,8-9,12H2,1-2H3,(H,24,25)(H,22,23,26);2*2-7H,1H3,(H,21,22)(H,19,20,23);2*2-6H,1H3,(H2,18,21)(H,19,20). The molecule has 602 valence electrons. The zero-order chi connectivity index (χ0) is 83.7. The number of carbonyl (C=O) groups is 2. The number of nitrogens with one attached hydrogen (secondary N) is 9. The van der Waals surface area contributed by atoms with Gasteiger partial charge in [-0.2, -0.15) is 40.8 Å². The van der Waals surface area contributed by atoms with Crippen molar-refractivity contribution in [1.29, 1.82) is 0 Å². The van der Waals surface area contributed by atoms with Gasteiger partial charge in [-0.05, 0) is 165 Å². The number of amides is 2. The monoisotopic (exact) mass is 1620 g/mol. The number of aromatic amines is 8. The van der Waals surface area contributed by atoms with Gasteiger partial charge in [0, 0.05) is 102 Å². The van der Waals surface area contributed by atoms with Crippen LogP contribution in [0.4, 0.5) is 35.1 Å². The Labute approximate surface area is 666 Å². The first kappa shape index (κ1) is 80.1. The molecule has 0 aliphatic rings. The van der Waals surface area contributed by atoms with E-state index in [0.29, 0.717) is 66.9 Å². The van der Waals surface area contributed by atoms with Crippen LogP contribution in [0.25, 0.3) is 145 Å². The van der Waals surface area contributed by atoms with Gasteiger partial charge in [0.25, 0.3) is 0 Å². The van der Waals surface area contributed by atoms with E-state index in [4.69, 9.17) is 25.7 Å². The molecule has 119 heavy (non-hydrogen) atoms. The number of rotatable bonds is 19. The Balaban J connectivity index is 0.000000122. The van der Waals surface area contributed by atoms with Gasteiger partial charge in [-0.3, -0.25) is 50.4 Å². The maximum absolute atomic E-state index is 14.6. The summed E-state index contributed by atoms with van der Waals surface area (Å²) in [6.07, 6.45) is 4.33. The molecule has 0 spiro atoms. The van der Waals surface area contributed by atoms with Gasteiger partial charge in [-0.1, -0.05) is 18.2 Å². The van der Waals surface area contributed by atoms with Crippen LogP contribution in [0.2, 0.25) is 0 Å². The summed E-state index contributed by atoms with van der Waals surface area (Å²) in [5.41, 5.74) is 22.7. The summed E-state index contributed by atoms with van der Waals surface area (Å²) in [6.45, 7) is 2.82. The van der Waals surface area contributed by atoms with Crippen LogP contribution in [0, 0.1) is 46.5 Å². The van der Waals surface area contributed by atoms with E-state index >= 15 is 0 Å². The Morgan fingerprint density at radius 1 is 0.370 bits per heavy atom. The molecular formula is C82H67F8N23O6. The number of hydrogen-bond acceptors (Lipinski definition) is 19. The average molecular weight is 1620 g/mol. The van der Waals surface area contributed by atoms with Crippen molar-refractivity contribution in [1.82, 2.24) is 107 Å². The molecule has 0 saturated carbocycles. The second kappa shape index (κ2) is 35.1. The summed E-state index contributed by atoms with van der Waals surface area (Å²) >= 11 is 0. The fraction of sp³-hybridized carbons (Fsp3) is 0.110. The lowest BCUT2D eigenvalue weighted by Gasteiger charge is -2.10. The molecule has 0 fully saturated rings. The van der Waals surface area contributed by atoms with Crippen molar-refractivity contribution in [3.8, 4) is 113 Å². The number of benzene rings is 10. The van der Waals surface area contributed by atoms with Gasteiger partial charge in [0.15, 0.2) is 87.0 Å². The van der Waals surface area contributed by atoms with Gasteiger partial charge < -0.3 is 40.6 Å². The maximum atomic E-state index is 14.6. The van der Waals surface area contributed by atoms with Gasteiger partial charge in [-0.25, -0.2) is 50.1 Å². The van der Waals surface area contributed by atoms with Crippen molar-refractivity contribution in [3.05, 3.63) is 246 Å². The van der Waals surface area contributed by atoms with E-state index in [-0.39, 0.29) is 33.5 Å². The van der Waals surface area contributed by atoms with Crippen LogP contribution in [0.5, 0.6) is 23.0 Å². The summed E-state index contributed by atoms with van der Waals surface area (Å²) in [5.74, 6) is -7.52. The second-order valence-electron chi connectivity index (χ2n) is 26.4. The van der Waals surface area contributed by atoms with Crippen LogP contribution in [-0.4, -0.2) is 169 Å². The highest BCUT2D eigenvalue weighted by atomic mass is 19.2. The SMILES string of the molecule is CN(C)CCNCc1cccc(-c2n[nH]c3ccc(-c4ncn[nH]4)cc23)c1.COc1c(F)cc(-c2n[nH]c3ccc(-c4ncn[nH]4)cc23)cc1F.COc1c(F)cc(-c2n[nH]c3ccc(C(N)=O)cc23)cc1F.COc1c(F)ccc(-c2n[nH]c3ccc(-c4ncn[nH]4)cc23)c1F.COc1c(F)ccc(-c2n[nH]c3ccc(C(N)=O)cc23)c1F. The first-order chi connectivity index (χ1) is 57.6. The molecular weight excluding hydrogens is 1560 g/mol. The quantitative estimate of drug-likeness (QED) is 0.0264. The molecule has 29 nitrogen and oxygen atoms in total. The Bertz CT molecular complexity index is 6660. The van der Waals surface area contributed by atoms with E-state index in [1.165, 1.54) is 95.4 Å². The molecule has 0 aliphatic heterocycles. The Hall–Kier alpha value is -15.5. The number of primary amides is 2.